The number of amides is 3. The van der Waals surface area contributed by atoms with E-state index in [0.717, 1.165) is 15.8 Å². The third kappa shape index (κ3) is 7.51. The molecule has 0 saturated carbocycles. The van der Waals surface area contributed by atoms with E-state index in [1.165, 1.54) is 0 Å². The van der Waals surface area contributed by atoms with Crippen LogP contribution in [-0.2, 0) is 9.47 Å². The third-order valence-corrected chi connectivity index (χ3v) is 7.08. The van der Waals surface area contributed by atoms with E-state index in [4.69, 9.17) is 9.47 Å². The molecule has 1 saturated heterocycles. The quantitative estimate of drug-likeness (QED) is 0.299. The number of carbonyl (C=O) groups excluding carboxylic acids is 4. The molecule has 0 aliphatic carbocycles. The van der Waals surface area contributed by atoms with Crippen LogP contribution in [0.15, 0.2) is 67.0 Å². The maximum atomic E-state index is 13.4. The molecule has 46 heavy (non-hydrogen) atoms. The van der Waals surface area contributed by atoms with Gasteiger partial charge in [0.1, 0.15) is 11.2 Å². The van der Waals surface area contributed by atoms with Crippen molar-refractivity contribution >= 4 is 40.6 Å². The minimum atomic E-state index is -0.764. The second-order valence-corrected chi connectivity index (χ2v) is 13.0. The summed E-state index contributed by atoms with van der Waals surface area (Å²) in [6.45, 7) is 12.3. The summed E-state index contributed by atoms with van der Waals surface area (Å²) in [5.41, 5.74) is 1.74. The van der Waals surface area contributed by atoms with E-state index in [-0.39, 0.29) is 17.7 Å². The highest BCUT2D eigenvalue weighted by atomic mass is 16.6. The minimum absolute atomic E-state index is 0.0526. The number of aromatic nitrogens is 3. The van der Waals surface area contributed by atoms with Crippen LogP contribution in [0.3, 0.4) is 0 Å². The van der Waals surface area contributed by atoms with Crippen molar-refractivity contribution in [1.29, 1.82) is 0 Å². The number of hydrogen-bond acceptors (Lipinski definition) is 8. The Morgan fingerprint density at radius 1 is 0.717 bits per heavy atom. The highest BCUT2D eigenvalue weighted by molar-refractivity contribution is 6.12. The van der Waals surface area contributed by atoms with Gasteiger partial charge in [0, 0.05) is 55.2 Å². The van der Waals surface area contributed by atoms with Crippen molar-refractivity contribution in [2.24, 2.45) is 0 Å². The highest BCUT2D eigenvalue weighted by Gasteiger charge is 2.29. The normalized spacial score (nSPS) is 13.8. The second kappa shape index (κ2) is 12.6. The molecular formula is C34H38N6O6. The molecule has 2 aromatic carbocycles. The molecule has 2 aromatic heterocycles. The van der Waals surface area contributed by atoms with Crippen LogP contribution in [0.1, 0.15) is 62.4 Å². The molecule has 0 spiro atoms. The molecule has 3 amide bonds. The molecule has 0 radical (unpaired) electrons. The van der Waals surface area contributed by atoms with E-state index in [0.29, 0.717) is 48.3 Å². The summed E-state index contributed by atoms with van der Waals surface area (Å²) >= 11 is 0. The number of pyridine rings is 1. The molecule has 0 atom stereocenters. The first kappa shape index (κ1) is 32.1. The average Bonchev–Trinajstić information content (AvgIpc) is 3.39. The molecule has 1 N–H and O–H groups in total. The fourth-order valence-corrected chi connectivity index (χ4v) is 4.94. The summed E-state index contributed by atoms with van der Waals surface area (Å²) in [5.74, 6) is -0.622. The van der Waals surface area contributed by atoms with Crippen molar-refractivity contribution in [3.63, 3.8) is 0 Å². The topological polar surface area (TPSA) is 136 Å². The Morgan fingerprint density at radius 2 is 1.28 bits per heavy atom. The zero-order valence-corrected chi connectivity index (χ0v) is 26.9. The van der Waals surface area contributed by atoms with Gasteiger partial charge in [-0.2, -0.15) is 9.78 Å². The van der Waals surface area contributed by atoms with Crippen molar-refractivity contribution in [3.05, 3.63) is 78.2 Å². The molecule has 1 aliphatic heterocycles. The fourth-order valence-electron chi connectivity index (χ4n) is 4.94. The predicted octanol–water partition coefficient (Wildman–Crippen LogP) is 5.83. The third-order valence-electron chi connectivity index (χ3n) is 7.08. The molecule has 240 valence electrons. The van der Waals surface area contributed by atoms with Crippen LogP contribution < -0.4 is 5.32 Å². The first-order valence-electron chi connectivity index (χ1n) is 15.0. The smallest absolute Gasteiger partial charge is 0.435 e. The maximum Gasteiger partial charge on any atom is 0.435 e. The average molecular weight is 627 g/mol. The number of rotatable bonds is 4. The van der Waals surface area contributed by atoms with E-state index in [1.54, 1.807) is 79.4 Å². The van der Waals surface area contributed by atoms with Gasteiger partial charge in [-0.05, 0) is 89.1 Å². The van der Waals surface area contributed by atoms with Crippen LogP contribution in [0, 0.1) is 0 Å². The van der Waals surface area contributed by atoms with Gasteiger partial charge < -0.3 is 24.6 Å². The number of benzene rings is 2. The molecular weight excluding hydrogens is 588 g/mol. The monoisotopic (exact) mass is 626 g/mol. The summed E-state index contributed by atoms with van der Waals surface area (Å²) in [6.07, 6.45) is 2.03. The van der Waals surface area contributed by atoms with Crippen molar-refractivity contribution in [1.82, 2.24) is 24.6 Å². The molecule has 4 aromatic rings. The number of hydrogen-bond donors (Lipinski definition) is 1. The van der Waals surface area contributed by atoms with E-state index >= 15 is 0 Å². The van der Waals surface area contributed by atoms with Crippen LogP contribution in [0.25, 0.3) is 22.0 Å². The van der Waals surface area contributed by atoms with Gasteiger partial charge in [0.25, 0.3) is 11.8 Å². The lowest BCUT2D eigenvalue weighted by Gasteiger charge is -2.35. The van der Waals surface area contributed by atoms with Crippen LogP contribution in [0.4, 0.5) is 15.3 Å². The van der Waals surface area contributed by atoms with Crippen LogP contribution >= 0.6 is 0 Å². The van der Waals surface area contributed by atoms with Crippen molar-refractivity contribution in [2.45, 2.75) is 52.7 Å². The van der Waals surface area contributed by atoms with Gasteiger partial charge in [0.05, 0.1) is 5.52 Å². The lowest BCUT2D eigenvalue weighted by Crippen LogP contribution is -2.51. The molecule has 0 unspecified atom stereocenters. The van der Waals surface area contributed by atoms with Crippen molar-refractivity contribution < 1.29 is 28.7 Å². The fraction of sp³-hybridized carbons (Fsp3) is 0.353. The zero-order chi connectivity index (χ0) is 33.2. The number of anilines is 1. The van der Waals surface area contributed by atoms with Crippen molar-refractivity contribution in [3.8, 4) is 11.1 Å². The Hall–Kier alpha value is -5.26. The van der Waals surface area contributed by atoms with Crippen LogP contribution in [-0.4, -0.2) is 85.9 Å². The number of piperazine rings is 1. The van der Waals surface area contributed by atoms with Gasteiger partial charge in [-0.1, -0.05) is 18.2 Å². The van der Waals surface area contributed by atoms with Crippen LogP contribution in [0.2, 0.25) is 0 Å². The van der Waals surface area contributed by atoms with Gasteiger partial charge in [0.2, 0.25) is 0 Å². The van der Waals surface area contributed by atoms with E-state index < -0.39 is 23.2 Å². The minimum Gasteiger partial charge on any atom is -0.444 e. The number of ether oxygens (including phenoxy) is 2. The van der Waals surface area contributed by atoms with Gasteiger partial charge >= 0.3 is 12.2 Å². The first-order chi connectivity index (χ1) is 21.7. The Bertz CT molecular complexity index is 1760. The van der Waals surface area contributed by atoms with E-state index in [2.05, 4.69) is 15.4 Å². The number of nitrogens with one attached hydrogen (secondary N) is 1. The second-order valence-electron chi connectivity index (χ2n) is 13.0. The Labute approximate surface area is 267 Å². The maximum absolute atomic E-state index is 13.4. The van der Waals surface area contributed by atoms with Gasteiger partial charge in [-0.25, -0.2) is 9.59 Å². The van der Waals surface area contributed by atoms with Crippen LogP contribution in [0.5, 0.6) is 0 Å². The Kier molecular flexibility index (Phi) is 8.82. The molecule has 5 rings (SSSR count). The summed E-state index contributed by atoms with van der Waals surface area (Å²) < 4.78 is 12.1. The Balaban J connectivity index is 1.37. The van der Waals surface area contributed by atoms with Crippen molar-refractivity contribution in [2.75, 3.05) is 31.5 Å². The number of fused-ring (bicyclic) bond motifs is 1. The molecule has 3 heterocycles. The molecule has 0 bridgehead atoms. The summed E-state index contributed by atoms with van der Waals surface area (Å²) in [7, 11) is 0. The predicted molar refractivity (Wildman–Crippen MR) is 173 cm³/mol. The van der Waals surface area contributed by atoms with Gasteiger partial charge in [-0.3, -0.25) is 14.6 Å². The molecule has 12 heteroatoms. The van der Waals surface area contributed by atoms with E-state index in [9.17, 15) is 19.2 Å². The SMILES string of the molecule is CC(C)(C)OC(=O)N1CCN(C(=O)c2ccc(-c3ccc4c(c3)c(C(=O)Nc3ccncc3)nn4C(=O)OC(C)(C)C)cc2)CC1. The largest absolute Gasteiger partial charge is 0.444 e. The van der Waals surface area contributed by atoms with Gasteiger partial charge in [-0.15, -0.1) is 0 Å². The molecule has 12 nitrogen and oxygen atoms in total. The number of carbonyl (C=O) groups is 4. The number of nitrogens with zero attached hydrogens (tertiary/aromatic N) is 5. The van der Waals surface area contributed by atoms with E-state index in [1.807, 2.05) is 39.0 Å². The molecule has 1 aliphatic rings. The first-order valence-corrected chi connectivity index (χ1v) is 15.0. The lowest BCUT2D eigenvalue weighted by molar-refractivity contribution is 0.0140. The summed E-state index contributed by atoms with van der Waals surface area (Å²) in [4.78, 5) is 59.3. The lowest BCUT2D eigenvalue weighted by atomic mass is 10.0. The molecule has 1 fully saturated rings. The standard InChI is InChI=1S/C34H38N6O6/c1-33(2,3)45-31(43)39-19-17-38(18-20-39)30(42)23-9-7-22(8-10-23)24-11-12-27-26(21-24)28(29(41)36-25-13-15-35-16-14-25)37-40(27)32(44)46-34(4,5)6/h7-16,21H,17-20H2,1-6H3,(H,35,36,41). The summed E-state index contributed by atoms with van der Waals surface area (Å²) in [6, 6.07) is 15.8. The zero-order valence-electron chi connectivity index (χ0n) is 26.9. The summed E-state index contributed by atoms with van der Waals surface area (Å²) in [5, 5.41) is 7.62. The Morgan fingerprint density at radius 3 is 1.89 bits per heavy atom. The highest BCUT2D eigenvalue weighted by Crippen LogP contribution is 2.29. The van der Waals surface area contributed by atoms with Gasteiger partial charge in [0.15, 0.2) is 5.69 Å².